The van der Waals surface area contributed by atoms with Crippen LogP contribution in [0.5, 0.6) is 0 Å². The summed E-state index contributed by atoms with van der Waals surface area (Å²) in [5.41, 5.74) is 2.93. The van der Waals surface area contributed by atoms with Crippen molar-refractivity contribution in [2.24, 2.45) is 0 Å². The molecular weight excluding hydrogens is 215 g/mol. The van der Waals surface area contributed by atoms with Gasteiger partial charge in [0.05, 0.1) is 0 Å². The number of hydrogen-bond donors (Lipinski definition) is 1. The average molecular weight is 226 g/mol. The molecule has 0 aliphatic carbocycles. The van der Waals surface area contributed by atoms with E-state index >= 15 is 0 Å². The second kappa shape index (κ2) is 4.01. The Morgan fingerprint density at radius 1 is 1.12 bits per heavy atom. The number of hydrogen-bond acceptors (Lipinski definition) is 1. The largest absolute Gasteiger partial charge is 0.346 e. The van der Waals surface area contributed by atoms with E-state index in [9.17, 15) is 4.39 Å². The summed E-state index contributed by atoms with van der Waals surface area (Å²) in [4.78, 5) is 7.36. The standard InChI is InChI=1S/C14H11FN2/c15-13-3-1-2-10(8-13)6-11-7-12-4-5-16-14(12)17-9-11/h1-5,7-9H,6H2,(H,16,17). The highest BCUT2D eigenvalue weighted by Crippen LogP contribution is 2.15. The highest BCUT2D eigenvalue weighted by Gasteiger charge is 2.01. The summed E-state index contributed by atoms with van der Waals surface area (Å²) < 4.78 is 13.1. The Morgan fingerprint density at radius 3 is 2.94 bits per heavy atom. The lowest BCUT2D eigenvalue weighted by atomic mass is 10.1. The van der Waals surface area contributed by atoms with Gasteiger partial charge in [-0.3, -0.25) is 0 Å². The van der Waals surface area contributed by atoms with Gasteiger partial charge >= 0.3 is 0 Å². The van der Waals surface area contributed by atoms with Gasteiger partial charge in [-0.05, 0) is 41.8 Å². The molecule has 0 spiro atoms. The van der Waals surface area contributed by atoms with Crippen molar-refractivity contribution >= 4 is 11.0 Å². The topological polar surface area (TPSA) is 28.7 Å². The molecule has 17 heavy (non-hydrogen) atoms. The Labute approximate surface area is 98.1 Å². The first kappa shape index (κ1) is 10.0. The van der Waals surface area contributed by atoms with Crippen LogP contribution in [0.2, 0.25) is 0 Å². The molecule has 0 amide bonds. The Bertz CT molecular complexity index is 658. The van der Waals surface area contributed by atoms with Crippen molar-refractivity contribution in [1.82, 2.24) is 9.97 Å². The van der Waals surface area contributed by atoms with Gasteiger partial charge in [-0.25, -0.2) is 9.37 Å². The summed E-state index contributed by atoms with van der Waals surface area (Å²) in [6.45, 7) is 0. The minimum Gasteiger partial charge on any atom is -0.346 e. The van der Waals surface area contributed by atoms with Crippen molar-refractivity contribution in [1.29, 1.82) is 0 Å². The van der Waals surface area contributed by atoms with Crippen LogP contribution in [0.25, 0.3) is 11.0 Å². The maximum Gasteiger partial charge on any atom is 0.137 e. The summed E-state index contributed by atoms with van der Waals surface area (Å²) >= 11 is 0. The number of halogens is 1. The van der Waals surface area contributed by atoms with E-state index in [0.717, 1.165) is 22.2 Å². The molecule has 0 radical (unpaired) electrons. The first-order valence-corrected chi connectivity index (χ1v) is 5.48. The summed E-state index contributed by atoms with van der Waals surface area (Å²) in [6.07, 6.45) is 4.39. The zero-order valence-corrected chi connectivity index (χ0v) is 9.15. The van der Waals surface area contributed by atoms with Gasteiger partial charge in [0.25, 0.3) is 0 Å². The average Bonchev–Trinajstić information content (AvgIpc) is 2.76. The van der Waals surface area contributed by atoms with Crippen LogP contribution in [0.4, 0.5) is 4.39 Å². The van der Waals surface area contributed by atoms with Gasteiger partial charge in [-0.1, -0.05) is 12.1 Å². The summed E-state index contributed by atoms with van der Waals surface area (Å²) in [5, 5.41) is 1.08. The van der Waals surface area contributed by atoms with Crippen LogP contribution in [0.15, 0.2) is 48.8 Å². The lowest BCUT2D eigenvalue weighted by molar-refractivity contribution is 0.626. The van der Waals surface area contributed by atoms with Crippen molar-refractivity contribution in [2.75, 3.05) is 0 Å². The van der Waals surface area contributed by atoms with Gasteiger partial charge in [0, 0.05) is 17.8 Å². The van der Waals surface area contributed by atoms with Gasteiger partial charge in [0.1, 0.15) is 11.5 Å². The van der Waals surface area contributed by atoms with Crippen LogP contribution in [0.3, 0.4) is 0 Å². The molecule has 2 heterocycles. The second-order valence-corrected chi connectivity index (χ2v) is 4.07. The van der Waals surface area contributed by atoms with Gasteiger partial charge < -0.3 is 4.98 Å². The van der Waals surface area contributed by atoms with E-state index in [2.05, 4.69) is 16.0 Å². The maximum absolute atomic E-state index is 13.1. The molecule has 1 N–H and O–H groups in total. The molecule has 0 bridgehead atoms. The molecule has 1 aromatic carbocycles. The molecule has 3 aromatic rings. The van der Waals surface area contributed by atoms with E-state index in [1.165, 1.54) is 6.07 Å². The van der Waals surface area contributed by atoms with Crippen molar-refractivity contribution < 1.29 is 4.39 Å². The van der Waals surface area contributed by atoms with E-state index in [4.69, 9.17) is 0 Å². The van der Waals surface area contributed by atoms with E-state index in [-0.39, 0.29) is 5.82 Å². The third kappa shape index (κ3) is 2.04. The minimum absolute atomic E-state index is 0.196. The van der Waals surface area contributed by atoms with Gasteiger partial charge in [-0.15, -0.1) is 0 Å². The fraction of sp³-hybridized carbons (Fsp3) is 0.0714. The number of aromatic amines is 1. The highest BCUT2D eigenvalue weighted by atomic mass is 19.1. The zero-order chi connectivity index (χ0) is 11.7. The monoisotopic (exact) mass is 226 g/mol. The first-order valence-electron chi connectivity index (χ1n) is 5.48. The molecule has 3 heteroatoms. The SMILES string of the molecule is Fc1cccc(Cc2cnc3[nH]ccc3c2)c1. The van der Waals surface area contributed by atoms with E-state index < -0.39 is 0 Å². The number of H-pyrrole nitrogens is 1. The normalized spacial score (nSPS) is 10.9. The number of pyridine rings is 1. The third-order valence-electron chi connectivity index (χ3n) is 2.75. The number of nitrogens with zero attached hydrogens (tertiary/aromatic N) is 1. The minimum atomic E-state index is -0.196. The fourth-order valence-electron chi connectivity index (χ4n) is 1.96. The Balaban J connectivity index is 1.94. The lowest BCUT2D eigenvalue weighted by Crippen LogP contribution is -1.90. The quantitative estimate of drug-likeness (QED) is 0.713. The van der Waals surface area contributed by atoms with Crippen molar-refractivity contribution in [3.05, 3.63) is 65.7 Å². The molecule has 0 atom stereocenters. The molecule has 0 unspecified atom stereocenters. The fourth-order valence-corrected chi connectivity index (χ4v) is 1.96. The van der Waals surface area contributed by atoms with Gasteiger partial charge in [0.15, 0.2) is 0 Å². The number of nitrogens with one attached hydrogen (secondary N) is 1. The summed E-state index contributed by atoms with van der Waals surface area (Å²) in [7, 11) is 0. The molecular formula is C14H11FN2. The number of fused-ring (bicyclic) bond motifs is 1. The Hall–Kier alpha value is -2.16. The third-order valence-corrected chi connectivity index (χ3v) is 2.75. The molecule has 0 saturated heterocycles. The van der Waals surface area contributed by atoms with Crippen LogP contribution >= 0.6 is 0 Å². The molecule has 0 aliphatic rings. The van der Waals surface area contributed by atoms with E-state index in [1.807, 2.05) is 24.5 Å². The van der Waals surface area contributed by atoms with E-state index in [1.54, 1.807) is 12.1 Å². The van der Waals surface area contributed by atoms with Crippen LogP contribution in [-0.4, -0.2) is 9.97 Å². The van der Waals surface area contributed by atoms with Gasteiger partial charge in [0.2, 0.25) is 0 Å². The van der Waals surface area contributed by atoms with Gasteiger partial charge in [-0.2, -0.15) is 0 Å². The van der Waals surface area contributed by atoms with Crippen LogP contribution < -0.4 is 0 Å². The van der Waals surface area contributed by atoms with Crippen LogP contribution in [0.1, 0.15) is 11.1 Å². The zero-order valence-electron chi connectivity index (χ0n) is 9.15. The van der Waals surface area contributed by atoms with Crippen molar-refractivity contribution in [3.63, 3.8) is 0 Å². The molecule has 84 valence electrons. The van der Waals surface area contributed by atoms with Crippen LogP contribution in [-0.2, 0) is 6.42 Å². The smallest absolute Gasteiger partial charge is 0.137 e. The highest BCUT2D eigenvalue weighted by molar-refractivity contribution is 5.75. The first-order chi connectivity index (χ1) is 8.31. The molecule has 0 aliphatic heterocycles. The van der Waals surface area contributed by atoms with Crippen molar-refractivity contribution in [3.8, 4) is 0 Å². The number of benzene rings is 1. The number of aromatic nitrogens is 2. The Kier molecular flexibility index (Phi) is 2.37. The number of rotatable bonds is 2. The molecule has 3 rings (SSSR count). The molecule has 0 fully saturated rings. The predicted molar refractivity (Wildman–Crippen MR) is 65.3 cm³/mol. The summed E-state index contributed by atoms with van der Waals surface area (Å²) in [5.74, 6) is -0.196. The predicted octanol–water partition coefficient (Wildman–Crippen LogP) is 3.29. The molecule has 2 aromatic heterocycles. The van der Waals surface area contributed by atoms with E-state index in [0.29, 0.717) is 6.42 Å². The van der Waals surface area contributed by atoms with Crippen molar-refractivity contribution in [2.45, 2.75) is 6.42 Å². The summed E-state index contributed by atoms with van der Waals surface area (Å²) in [6, 6.07) is 10.7. The van der Waals surface area contributed by atoms with Crippen LogP contribution in [0, 0.1) is 5.82 Å². The lowest BCUT2D eigenvalue weighted by Gasteiger charge is -2.02. The second-order valence-electron chi connectivity index (χ2n) is 4.07. The molecule has 2 nitrogen and oxygen atoms in total. The molecule has 0 saturated carbocycles. The Morgan fingerprint density at radius 2 is 2.06 bits per heavy atom. The maximum atomic E-state index is 13.1.